The van der Waals surface area contributed by atoms with Crippen molar-refractivity contribution in [3.05, 3.63) is 46.5 Å². The molecule has 3 nitrogen and oxygen atoms in total. The highest BCUT2D eigenvalue weighted by atomic mass is 16.5. The van der Waals surface area contributed by atoms with Crippen LogP contribution in [0.2, 0.25) is 0 Å². The van der Waals surface area contributed by atoms with Crippen LogP contribution in [0.15, 0.2) is 24.3 Å². The lowest BCUT2D eigenvalue weighted by atomic mass is 9.80. The lowest BCUT2D eigenvalue weighted by molar-refractivity contribution is -0.142. The van der Waals surface area contributed by atoms with Crippen LogP contribution < -0.4 is 4.74 Å². The molecule has 4 rings (SSSR count). The molecule has 0 radical (unpaired) electrons. The highest BCUT2D eigenvalue weighted by molar-refractivity contribution is 5.87. The summed E-state index contributed by atoms with van der Waals surface area (Å²) in [5, 5.41) is 10.9. The van der Waals surface area contributed by atoms with E-state index in [0.717, 1.165) is 49.7 Å². The van der Waals surface area contributed by atoms with Crippen molar-refractivity contribution in [2.45, 2.75) is 72.1 Å². The summed E-state index contributed by atoms with van der Waals surface area (Å²) in [5.41, 5.74) is 6.40. The topological polar surface area (TPSA) is 46.5 Å². The van der Waals surface area contributed by atoms with E-state index in [1.165, 1.54) is 35.1 Å². The molecule has 1 N–H and O–H groups in total. The quantitative estimate of drug-likeness (QED) is 0.533. The number of fused-ring (bicyclic) bond motifs is 2. The van der Waals surface area contributed by atoms with Gasteiger partial charge in [0, 0.05) is 11.1 Å². The van der Waals surface area contributed by atoms with Crippen LogP contribution in [0.25, 0.3) is 11.1 Å². The normalized spacial score (nSPS) is 16.2. The largest absolute Gasteiger partial charge is 0.507 e. The molecule has 0 aromatic heterocycles. The van der Waals surface area contributed by atoms with E-state index in [-0.39, 0.29) is 5.97 Å². The van der Waals surface area contributed by atoms with Gasteiger partial charge in [-0.15, -0.1) is 0 Å². The molecule has 0 unspecified atom stereocenters. The van der Waals surface area contributed by atoms with Gasteiger partial charge < -0.3 is 9.84 Å². The van der Waals surface area contributed by atoms with Gasteiger partial charge in [0.1, 0.15) is 11.5 Å². The van der Waals surface area contributed by atoms with Crippen molar-refractivity contribution in [2.75, 3.05) is 0 Å². The first-order valence-corrected chi connectivity index (χ1v) is 10.6. The van der Waals surface area contributed by atoms with Crippen LogP contribution in [0.3, 0.4) is 0 Å². The summed E-state index contributed by atoms with van der Waals surface area (Å²) in [6.45, 7) is 5.61. The van der Waals surface area contributed by atoms with Gasteiger partial charge in [-0.05, 0) is 107 Å². The van der Waals surface area contributed by atoms with Crippen molar-refractivity contribution in [3.8, 4) is 22.6 Å². The lowest BCUT2D eigenvalue weighted by Crippen LogP contribution is -2.26. The third kappa shape index (κ3) is 3.43. The SMILES string of the molecule is CC(C)(C)C(=O)Oc1ccc2c(c1-c1c(O)ccc3c1CCCC3)CCCC2. The fourth-order valence-corrected chi connectivity index (χ4v) is 4.51. The number of carbonyl (C=O) groups is 1. The first-order chi connectivity index (χ1) is 13.4. The monoisotopic (exact) mass is 378 g/mol. The van der Waals surface area contributed by atoms with Crippen molar-refractivity contribution in [1.29, 1.82) is 0 Å². The summed E-state index contributed by atoms with van der Waals surface area (Å²) < 4.78 is 5.93. The highest BCUT2D eigenvalue weighted by Gasteiger charge is 2.29. The maximum Gasteiger partial charge on any atom is 0.316 e. The van der Waals surface area contributed by atoms with E-state index in [4.69, 9.17) is 4.74 Å². The van der Waals surface area contributed by atoms with Crippen LogP contribution in [0.4, 0.5) is 0 Å². The number of aryl methyl sites for hydroxylation is 2. The lowest BCUT2D eigenvalue weighted by Gasteiger charge is -2.27. The number of hydrogen-bond donors (Lipinski definition) is 1. The van der Waals surface area contributed by atoms with Crippen molar-refractivity contribution >= 4 is 5.97 Å². The average molecular weight is 379 g/mol. The zero-order valence-corrected chi connectivity index (χ0v) is 17.2. The van der Waals surface area contributed by atoms with Gasteiger partial charge in [0.2, 0.25) is 0 Å². The molecule has 0 aliphatic heterocycles. The van der Waals surface area contributed by atoms with Gasteiger partial charge in [-0.25, -0.2) is 0 Å². The zero-order valence-electron chi connectivity index (χ0n) is 17.2. The number of carbonyl (C=O) groups excluding carboxylic acids is 1. The molecule has 2 aromatic rings. The Labute approximate surface area is 167 Å². The first-order valence-electron chi connectivity index (χ1n) is 10.6. The Morgan fingerprint density at radius 1 is 0.821 bits per heavy atom. The molecule has 0 saturated carbocycles. The Hall–Kier alpha value is -2.29. The number of rotatable bonds is 2. The van der Waals surface area contributed by atoms with E-state index in [9.17, 15) is 9.90 Å². The molecule has 2 aromatic carbocycles. The molecule has 2 aliphatic rings. The first kappa shape index (κ1) is 19.0. The van der Waals surface area contributed by atoms with Gasteiger partial charge in [0.05, 0.1) is 5.41 Å². The minimum Gasteiger partial charge on any atom is -0.507 e. The van der Waals surface area contributed by atoms with Crippen LogP contribution >= 0.6 is 0 Å². The van der Waals surface area contributed by atoms with E-state index in [2.05, 4.69) is 12.1 Å². The van der Waals surface area contributed by atoms with E-state index in [0.29, 0.717) is 11.5 Å². The number of esters is 1. The van der Waals surface area contributed by atoms with Crippen molar-refractivity contribution in [1.82, 2.24) is 0 Å². The van der Waals surface area contributed by atoms with Gasteiger partial charge in [-0.3, -0.25) is 4.79 Å². The molecule has 0 heterocycles. The van der Waals surface area contributed by atoms with Crippen molar-refractivity contribution < 1.29 is 14.6 Å². The minimum absolute atomic E-state index is 0.242. The Bertz CT molecular complexity index is 918. The van der Waals surface area contributed by atoms with Gasteiger partial charge in [-0.2, -0.15) is 0 Å². The molecule has 0 bridgehead atoms. The molecule has 0 spiro atoms. The van der Waals surface area contributed by atoms with Crippen molar-refractivity contribution in [2.24, 2.45) is 5.41 Å². The number of benzene rings is 2. The van der Waals surface area contributed by atoms with Crippen LogP contribution in [0.1, 0.15) is 68.7 Å². The predicted molar refractivity (Wildman–Crippen MR) is 112 cm³/mol. The second kappa shape index (κ2) is 7.27. The third-order valence-corrected chi connectivity index (χ3v) is 6.07. The Morgan fingerprint density at radius 3 is 1.96 bits per heavy atom. The molecule has 0 amide bonds. The summed E-state index contributed by atoms with van der Waals surface area (Å²) in [6, 6.07) is 7.92. The number of hydrogen-bond acceptors (Lipinski definition) is 3. The van der Waals surface area contributed by atoms with Gasteiger partial charge >= 0.3 is 5.97 Å². The van der Waals surface area contributed by atoms with Gasteiger partial charge in [0.25, 0.3) is 0 Å². The predicted octanol–water partition coefficient (Wildman–Crippen LogP) is 5.77. The fourth-order valence-electron chi connectivity index (χ4n) is 4.51. The summed E-state index contributed by atoms with van der Waals surface area (Å²) in [5.74, 6) is 0.649. The van der Waals surface area contributed by atoms with E-state index >= 15 is 0 Å². The van der Waals surface area contributed by atoms with Crippen LogP contribution in [-0.2, 0) is 30.5 Å². The minimum atomic E-state index is -0.578. The Morgan fingerprint density at radius 2 is 1.36 bits per heavy atom. The smallest absolute Gasteiger partial charge is 0.316 e. The molecular weight excluding hydrogens is 348 g/mol. The van der Waals surface area contributed by atoms with Crippen molar-refractivity contribution in [3.63, 3.8) is 0 Å². The standard InChI is InChI=1S/C25H30O3/c1-25(2,3)24(27)28-21-15-13-17-9-5-7-11-19(17)23(21)22-18-10-6-4-8-16(18)12-14-20(22)26/h12-15,26H,4-11H2,1-3H3. The number of phenolic OH excluding ortho intramolecular Hbond substituents is 1. The molecule has 148 valence electrons. The summed E-state index contributed by atoms with van der Waals surface area (Å²) in [7, 11) is 0. The number of aromatic hydroxyl groups is 1. The Kier molecular flexibility index (Phi) is 4.95. The number of phenols is 1. The average Bonchev–Trinajstić information content (AvgIpc) is 2.68. The molecule has 28 heavy (non-hydrogen) atoms. The highest BCUT2D eigenvalue weighted by Crippen LogP contribution is 2.46. The molecule has 2 aliphatic carbocycles. The second-order valence-corrected chi connectivity index (χ2v) is 9.23. The molecule has 0 atom stereocenters. The summed E-state index contributed by atoms with van der Waals surface area (Å²) >= 11 is 0. The maximum atomic E-state index is 12.7. The second-order valence-electron chi connectivity index (χ2n) is 9.23. The van der Waals surface area contributed by atoms with E-state index in [1.807, 2.05) is 32.9 Å². The van der Waals surface area contributed by atoms with Crippen LogP contribution in [0, 0.1) is 5.41 Å². The maximum absolute atomic E-state index is 12.7. The Balaban J connectivity index is 1.94. The van der Waals surface area contributed by atoms with Crippen LogP contribution in [-0.4, -0.2) is 11.1 Å². The fraction of sp³-hybridized carbons (Fsp3) is 0.480. The zero-order chi connectivity index (χ0) is 19.9. The third-order valence-electron chi connectivity index (χ3n) is 6.07. The molecular formula is C25H30O3. The van der Waals surface area contributed by atoms with Gasteiger partial charge in [0.15, 0.2) is 0 Å². The molecule has 0 saturated heterocycles. The van der Waals surface area contributed by atoms with E-state index in [1.54, 1.807) is 0 Å². The van der Waals surface area contributed by atoms with Gasteiger partial charge in [-0.1, -0.05) is 12.1 Å². The van der Waals surface area contributed by atoms with Crippen LogP contribution in [0.5, 0.6) is 11.5 Å². The number of ether oxygens (including phenoxy) is 1. The molecule has 3 heteroatoms. The molecule has 0 fully saturated rings. The van der Waals surface area contributed by atoms with E-state index < -0.39 is 5.41 Å². The summed E-state index contributed by atoms with van der Waals surface area (Å²) in [4.78, 5) is 12.7. The summed E-state index contributed by atoms with van der Waals surface area (Å²) in [6.07, 6.45) is 8.68.